The molecule has 1 nitrogen and oxygen atoms in total. The molecule has 1 aromatic heterocycles. The van der Waals surface area contributed by atoms with E-state index in [4.69, 9.17) is 28.9 Å². The summed E-state index contributed by atoms with van der Waals surface area (Å²) in [6.07, 6.45) is 3.48. The average molecular weight is 284 g/mol. The quantitative estimate of drug-likeness (QED) is 0.800. The van der Waals surface area contributed by atoms with Crippen molar-refractivity contribution in [1.82, 2.24) is 0 Å². The van der Waals surface area contributed by atoms with Gasteiger partial charge in [-0.05, 0) is 37.0 Å². The van der Waals surface area contributed by atoms with Crippen LogP contribution in [0.3, 0.4) is 0 Å². The third-order valence-electron chi connectivity index (χ3n) is 3.15. The van der Waals surface area contributed by atoms with Gasteiger partial charge >= 0.3 is 0 Å². The summed E-state index contributed by atoms with van der Waals surface area (Å²) in [4.78, 5) is 1.42. The van der Waals surface area contributed by atoms with Gasteiger partial charge in [-0.25, -0.2) is 0 Å². The van der Waals surface area contributed by atoms with Crippen molar-refractivity contribution in [3.05, 3.63) is 38.7 Å². The van der Waals surface area contributed by atoms with Crippen molar-refractivity contribution in [3.8, 4) is 11.1 Å². The molecule has 1 heterocycles. The van der Waals surface area contributed by atoms with E-state index < -0.39 is 0 Å². The first-order valence-corrected chi connectivity index (χ1v) is 7.09. The molecule has 1 aliphatic carbocycles. The number of halogens is 2. The van der Waals surface area contributed by atoms with E-state index in [9.17, 15) is 0 Å². The lowest BCUT2D eigenvalue weighted by molar-refractivity contribution is 0.915. The standard InChI is InChI=1S/C13H11Cl2NS/c14-7-4-5-8(10(15)6-7)12-9-2-1-3-11(9)17-13(12)16/h4-6H,1-3,16H2. The van der Waals surface area contributed by atoms with Crippen molar-refractivity contribution < 1.29 is 0 Å². The zero-order valence-electron chi connectivity index (χ0n) is 9.09. The fraction of sp³-hybridized carbons (Fsp3) is 0.231. The van der Waals surface area contributed by atoms with Crippen LogP contribution in [0.25, 0.3) is 11.1 Å². The summed E-state index contributed by atoms with van der Waals surface area (Å²) in [5.41, 5.74) is 9.64. The highest BCUT2D eigenvalue weighted by molar-refractivity contribution is 7.16. The number of fused-ring (bicyclic) bond motifs is 1. The maximum Gasteiger partial charge on any atom is 0.0942 e. The number of nitrogen functional groups attached to an aromatic ring is 1. The summed E-state index contributed by atoms with van der Waals surface area (Å²) >= 11 is 13.9. The summed E-state index contributed by atoms with van der Waals surface area (Å²) in [6.45, 7) is 0. The van der Waals surface area contributed by atoms with Crippen LogP contribution in [-0.4, -0.2) is 0 Å². The summed E-state index contributed by atoms with van der Waals surface area (Å²) in [5, 5.41) is 2.21. The minimum atomic E-state index is 0.657. The molecule has 0 atom stereocenters. The van der Waals surface area contributed by atoms with E-state index in [0.29, 0.717) is 10.0 Å². The van der Waals surface area contributed by atoms with Crippen molar-refractivity contribution in [2.45, 2.75) is 19.3 Å². The first-order chi connectivity index (χ1) is 8.16. The van der Waals surface area contributed by atoms with Gasteiger partial charge in [-0.1, -0.05) is 29.3 Å². The fourth-order valence-corrected chi connectivity index (χ4v) is 4.09. The lowest BCUT2D eigenvalue weighted by atomic mass is 10.0. The molecule has 1 aromatic carbocycles. The monoisotopic (exact) mass is 283 g/mol. The molecular formula is C13H11Cl2NS. The highest BCUT2D eigenvalue weighted by Gasteiger charge is 2.22. The van der Waals surface area contributed by atoms with Gasteiger partial charge in [0, 0.05) is 26.0 Å². The van der Waals surface area contributed by atoms with Gasteiger partial charge in [0.2, 0.25) is 0 Å². The van der Waals surface area contributed by atoms with Crippen molar-refractivity contribution in [3.63, 3.8) is 0 Å². The number of anilines is 1. The first kappa shape index (κ1) is 11.4. The number of benzene rings is 1. The van der Waals surface area contributed by atoms with E-state index >= 15 is 0 Å². The average Bonchev–Trinajstić information content (AvgIpc) is 2.79. The van der Waals surface area contributed by atoms with Crippen LogP contribution in [0.1, 0.15) is 16.9 Å². The van der Waals surface area contributed by atoms with Crippen LogP contribution in [0.15, 0.2) is 18.2 Å². The molecule has 3 rings (SSSR count). The molecule has 0 amide bonds. The van der Waals surface area contributed by atoms with Crippen LogP contribution >= 0.6 is 34.5 Å². The Hall–Kier alpha value is -0.700. The molecule has 4 heteroatoms. The zero-order chi connectivity index (χ0) is 12.0. The van der Waals surface area contributed by atoms with Gasteiger partial charge in [0.25, 0.3) is 0 Å². The number of nitrogens with two attached hydrogens (primary N) is 1. The summed E-state index contributed by atoms with van der Waals surface area (Å²) in [5.74, 6) is 0. The Morgan fingerprint density at radius 3 is 2.76 bits per heavy atom. The second kappa shape index (κ2) is 4.20. The molecule has 0 spiro atoms. The van der Waals surface area contributed by atoms with Crippen LogP contribution in [0.5, 0.6) is 0 Å². The third-order valence-corrected chi connectivity index (χ3v) is 4.82. The Morgan fingerprint density at radius 1 is 1.18 bits per heavy atom. The smallest absolute Gasteiger partial charge is 0.0942 e. The van der Waals surface area contributed by atoms with E-state index in [1.54, 1.807) is 17.4 Å². The van der Waals surface area contributed by atoms with E-state index in [-0.39, 0.29) is 0 Å². The topological polar surface area (TPSA) is 26.0 Å². The number of hydrogen-bond acceptors (Lipinski definition) is 2. The fourth-order valence-electron chi connectivity index (χ4n) is 2.41. The molecule has 0 bridgehead atoms. The van der Waals surface area contributed by atoms with Crippen molar-refractivity contribution in [2.24, 2.45) is 0 Å². The third kappa shape index (κ3) is 1.85. The van der Waals surface area contributed by atoms with Crippen LogP contribution in [-0.2, 0) is 12.8 Å². The number of aryl methyl sites for hydroxylation is 1. The van der Waals surface area contributed by atoms with Crippen LogP contribution in [0, 0.1) is 0 Å². The zero-order valence-corrected chi connectivity index (χ0v) is 11.4. The minimum absolute atomic E-state index is 0.657. The Kier molecular flexibility index (Phi) is 2.81. The lowest BCUT2D eigenvalue weighted by Gasteiger charge is -2.07. The van der Waals surface area contributed by atoms with Gasteiger partial charge in [-0.15, -0.1) is 11.3 Å². The number of rotatable bonds is 1. The molecule has 17 heavy (non-hydrogen) atoms. The molecule has 0 saturated carbocycles. The summed E-state index contributed by atoms with van der Waals surface area (Å²) in [7, 11) is 0. The lowest BCUT2D eigenvalue weighted by Crippen LogP contribution is -1.89. The molecule has 2 N–H and O–H groups in total. The highest BCUT2D eigenvalue weighted by Crippen LogP contribution is 2.45. The number of hydrogen-bond donors (Lipinski definition) is 1. The van der Waals surface area contributed by atoms with Gasteiger partial charge in [-0.2, -0.15) is 0 Å². The normalized spacial score (nSPS) is 14.0. The van der Waals surface area contributed by atoms with Gasteiger partial charge < -0.3 is 5.73 Å². The Labute approximate surface area is 114 Å². The van der Waals surface area contributed by atoms with Crippen LogP contribution < -0.4 is 5.73 Å². The van der Waals surface area contributed by atoms with Gasteiger partial charge in [-0.3, -0.25) is 0 Å². The minimum Gasteiger partial charge on any atom is -0.390 e. The molecule has 0 fully saturated rings. The largest absolute Gasteiger partial charge is 0.390 e. The van der Waals surface area contributed by atoms with Crippen molar-refractivity contribution in [1.29, 1.82) is 0 Å². The molecule has 88 valence electrons. The highest BCUT2D eigenvalue weighted by atomic mass is 35.5. The maximum atomic E-state index is 6.26. The number of thiophene rings is 1. The van der Waals surface area contributed by atoms with E-state index in [0.717, 1.165) is 29.0 Å². The predicted molar refractivity (Wildman–Crippen MR) is 76.2 cm³/mol. The molecule has 0 saturated heterocycles. The van der Waals surface area contributed by atoms with E-state index in [1.807, 2.05) is 12.1 Å². The second-order valence-corrected chi connectivity index (χ2v) is 6.20. The van der Waals surface area contributed by atoms with Crippen molar-refractivity contribution in [2.75, 3.05) is 5.73 Å². The molecule has 2 aromatic rings. The Bertz CT molecular complexity index is 589. The predicted octanol–water partition coefficient (Wildman–Crippen LogP) is 4.79. The molecule has 0 radical (unpaired) electrons. The Morgan fingerprint density at radius 2 is 2.00 bits per heavy atom. The van der Waals surface area contributed by atoms with Crippen molar-refractivity contribution >= 4 is 39.5 Å². The van der Waals surface area contributed by atoms with E-state index in [2.05, 4.69) is 0 Å². The van der Waals surface area contributed by atoms with Gasteiger partial charge in [0.1, 0.15) is 0 Å². The van der Waals surface area contributed by atoms with Gasteiger partial charge in [0.15, 0.2) is 0 Å². The van der Waals surface area contributed by atoms with Gasteiger partial charge in [0.05, 0.1) is 5.00 Å². The SMILES string of the molecule is Nc1sc2c(c1-c1ccc(Cl)cc1Cl)CCC2. The summed E-state index contributed by atoms with van der Waals surface area (Å²) < 4.78 is 0. The van der Waals surface area contributed by atoms with E-state index in [1.165, 1.54) is 16.9 Å². The molecule has 1 aliphatic rings. The van der Waals surface area contributed by atoms with Crippen LogP contribution in [0.2, 0.25) is 10.0 Å². The Balaban J connectivity index is 2.21. The molecule has 0 unspecified atom stereocenters. The molecular weight excluding hydrogens is 273 g/mol. The molecule has 0 aliphatic heterocycles. The maximum absolute atomic E-state index is 6.26. The second-order valence-electron chi connectivity index (χ2n) is 4.22. The van der Waals surface area contributed by atoms with Crippen LogP contribution in [0.4, 0.5) is 5.00 Å². The first-order valence-electron chi connectivity index (χ1n) is 5.52. The summed E-state index contributed by atoms with van der Waals surface area (Å²) in [6, 6.07) is 5.60.